The maximum absolute atomic E-state index is 12.4. The van der Waals surface area contributed by atoms with Crippen molar-refractivity contribution in [2.75, 3.05) is 13.7 Å². The fourth-order valence-electron chi connectivity index (χ4n) is 2.06. The van der Waals surface area contributed by atoms with Crippen molar-refractivity contribution in [3.05, 3.63) is 47.8 Å². The molecule has 0 aliphatic rings. The van der Waals surface area contributed by atoms with E-state index in [-0.39, 0.29) is 5.91 Å². The van der Waals surface area contributed by atoms with Crippen LogP contribution in [0.4, 0.5) is 0 Å². The highest BCUT2D eigenvalue weighted by Crippen LogP contribution is 2.15. The van der Waals surface area contributed by atoms with E-state index >= 15 is 0 Å². The highest BCUT2D eigenvalue weighted by atomic mass is 16.5. The maximum Gasteiger partial charge on any atom is 0.257 e. The predicted octanol–water partition coefficient (Wildman–Crippen LogP) is 2.47. The molecule has 1 aromatic heterocycles. The standard InChI is InChI=1S/C15H19N3O2/c1-3-7-18(15(19)13-9-16-17-10-13)11-12-5-4-6-14(8-12)20-2/h4-6,8-10H,3,7,11H2,1-2H3,(H,16,17). The first-order valence-corrected chi connectivity index (χ1v) is 6.65. The summed E-state index contributed by atoms with van der Waals surface area (Å²) in [5.74, 6) is 0.790. The molecule has 0 radical (unpaired) electrons. The van der Waals surface area contributed by atoms with Crippen molar-refractivity contribution >= 4 is 5.91 Å². The van der Waals surface area contributed by atoms with Crippen LogP contribution in [0.3, 0.4) is 0 Å². The van der Waals surface area contributed by atoms with Crippen LogP contribution in [0.25, 0.3) is 0 Å². The van der Waals surface area contributed by atoms with Crippen LogP contribution in [0.15, 0.2) is 36.7 Å². The average molecular weight is 273 g/mol. The van der Waals surface area contributed by atoms with Gasteiger partial charge in [-0.1, -0.05) is 19.1 Å². The van der Waals surface area contributed by atoms with Gasteiger partial charge in [0.2, 0.25) is 0 Å². The highest BCUT2D eigenvalue weighted by molar-refractivity contribution is 5.93. The quantitative estimate of drug-likeness (QED) is 0.879. The van der Waals surface area contributed by atoms with Crippen molar-refractivity contribution in [2.45, 2.75) is 19.9 Å². The second-order valence-electron chi connectivity index (χ2n) is 4.57. The van der Waals surface area contributed by atoms with Crippen molar-refractivity contribution < 1.29 is 9.53 Å². The number of hydrogen-bond donors (Lipinski definition) is 1. The second kappa shape index (κ2) is 6.75. The van der Waals surface area contributed by atoms with Gasteiger partial charge in [0.15, 0.2) is 0 Å². The first kappa shape index (κ1) is 14.1. The molecule has 0 atom stereocenters. The van der Waals surface area contributed by atoms with E-state index in [0.717, 1.165) is 17.7 Å². The molecule has 1 N–H and O–H groups in total. The van der Waals surface area contributed by atoms with Gasteiger partial charge in [0, 0.05) is 19.3 Å². The molecular formula is C15H19N3O2. The minimum atomic E-state index is -0.0107. The SMILES string of the molecule is CCCN(Cc1cccc(OC)c1)C(=O)c1cn[nH]c1. The van der Waals surface area contributed by atoms with E-state index in [9.17, 15) is 4.79 Å². The van der Waals surface area contributed by atoms with Gasteiger partial charge in [0.1, 0.15) is 5.75 Å². The molecule has 0 saturated heterocycles. The molecule has 0 fully saturated rings. The molecule has 5 nitrogen and oxygen atoms in total. The normalized spacial score (nSPS) is 10.3. The molecule has 0 aliphatic heterocycles. The minimum Gasteiger partial charge on any atom is -0.497 e. The number of aromatic amines is 1. The summed E-state index contributed by atoms with van der Waals surface area (Å²) in [5, 5.41) is 6.50. The molecule has 20 heavy (non-hydrogen) atoms. The monoisotopic (exact) mass is 273 g/mol. The summed E-state index contributed by atoms with van der Waals surface area (Å²) in [6.45, 7) is 3.33. The van der Waals surface area contributed by atoms with Crippen molar-refractivity contribution in [3.63, 3.8) is 0 Å². The third-order valence-electron chi connectivity index (χ3n) is 3.03. The number of aromatic nitrogens is 2. The van der Waals surface area contributed by atoms with Crippen LogP contribution in [0.1, 0.15) is 29.3 Å². The molecule has 0 spiro atoms. The van der Waals surface area contributed by atoms with Crippen LogP contribution >= 0.6 is 0 Å². The highest BCUT2D eigenvalue weighted by Gasteiger charge is 2.16. The van der Waals surface area contributed by atoms with Gasteiger partial charge in [-0.15, -0.1) is 0 Å². The van der Waals surface area contributed by atoms with Gasteiger partial charge in [-0.25, -0.2) is 0 Å². The Kier molecular flexibility index (Phi) is 4.76. The van der Waals surface area contributed by atoms with Crippen molar-refractivity contribution in [2.24, 2.45) is 0 Å². The van der Waals surface area contributed by atoms with Crippen LogP contribution in [-0.2, 0) is 6.54 Å². The van der Waals surface area contributed by atoms with Gasteiger partial charge in [-0.3, -0.25) is 9.89 Å². The molecule has 5 heteroatoms. The average Bonchev–Trinajstić information content (AvgIpc) is 3.00. The minimum absolute atomic E-state index is 0.0107. The van der Waals surface area contributed by atoms with Crippen LogP contribution in [-0.4, -0.2) is 34.7 Å². The summed E-state index contributed by atoms with van der Waals surface area (Å²) in [4.78, 5) is 14.2. The largest absolute Gasteiger partial charge is 0.497 e. The second-order valence-corrected chi connectivity index (χ2v) is 4.57. The number of nitrogens with zero attached hydrogens (tertiary/aromatic N) is 2. The Hall–Kier alpha value is -2.30. The van der Waals surface area contributed by atoms with Crippen molar-refractivity contribution in [1.29, 1.82) is 0 Å². The maximum atomic E-state index is 12.4. The van der Waals surface area contributed by atoms with Gasteiger partial charge in [0.05, 0.1) is 18.9 Å². The Morgan fingerprint density at radius 1 is 1.45 bits per heavy atom. The Morgan fingerprint density at radius 2 is 2.30 bits per heavy atom. The first-order valence-electron chi connectivity index (χ1n) is 6.65. The molecule has 106 valence electrons. The van der Waals surface area contributed by atoms with Crippen LogP contribution in [0.5, 0.6) is 5.75 Å². The topological polar surface area (TPSA) is 58.2 Å². The van der Waals surface area contributed by atoms with Gasteiger partial charge < -0.3 is 9.64 Å². The van der Waals surface area contributed by atoms with Crippen LogP contribution < -0.4 is 4.74 Å². The number of ether oxygens (including phenoxy) is 1. The van der Waals surface area contributed by atoms with E-state index < -0.39 is 0 Å². The summed E-state index contributed by atoms with van der Waals surface area (Å²) in [7, 11) is 1.64. The number of nitrogens with one attached hydrogen (secondary N) is 1. The van der Waals surface area contributed by atoms with E-state index in [2.05, 4.69) is 17.1 Å². The summed E-state index contributed by atoms with van der Waals surface area (Å²) < 4.78 is 5.21. The number of hydrogen-bond acceptors (Lipinski definition) is 3. The Labute approximate surface area is 118 Å². The number of benzene rings is 1. The lowest BCUT2D eigenvalue weighted by atomic mass is 10.2. The number of methoxy groups -OCH3 is 1. The van der Waals surface area contributed by atoms with E-state index in [1.165, 1.54) is 0 Å². The number of carbonyl (C=O) groups excluding carboxylic acids is 1. The van der Waals surface area contributed by atoms with Crippen molar-refractivity contribution in [3.8, 4) is 5.75 Å². The summed E-state index contributed by atoms with van der Waals surface area (Å²) in [6, 6.07) is 7.77. The smallest absolute Gasteiger partial charge is 0.257 e. The third kappa shape index (κ3) is 3.38. The summed E-state index contributed by atoms with van der Waals surface area (Å²) in [5.41, 5.74) is 1.64. The predicted molar refractivity (Wildman–Crippen MR) is 76.6 cm³/mol. The van der Waals surface area contributed by atoms with E-state index in [4.69, 9.17) is 4.74 Å². The number of amides is 1. The lowest BCUT2D eigenvalue weighted by molar-refractivity contribution is 0.0743. The molecule has 1 heterocycles. The Balaban J connectivity index is 2.14. The Morgan fingerprint density at radius 3 is 2.95 bits per heavy atom. The molecule has 0 unspecified atom stereocenters. The molecular weight excluding hydrogens is 254 g/mol. The zero-order chi connectivity index (χ0) is 14.4. The number of carbonyl (C=O) groups is 1. The van der Waals surface area contributed by atoms with Crippen LogP contribution in [0, 0.1) is 0 Å². The fraction of sp³-hybridized carbons (Fsp3) is 0.333. The van der Waals surface area contributed by atoms with E-state index in [1.807, 2.05) is 29.2 Å². The molecule has 1 amide bonds. The molecule has 1 aromatic carbocycles. The van der Waals surface area contributed by atoms with Crippen LogP contribution in [0.2, 0.25) is 0 Å². The lowest BCUT2D eigenvalue weighted by Gasteiger charge is -2.21. The Bertz CT molecular complexity index is 552. The summed E-state index contributed by atoms with van der Waals surface area (Å²) in [6.07, 6.45) is 4.08. The summed E-state index contributed by atoms with van der Waals surface area (Å²) >= 11 is 0. The van der Waals surface area contributed by atoms with E-state index in [1.54, 1.807) is 19.5 Å². The zero-order valence-corrected chi connectivity index (χ0v) is 11.8. The van der Waals surface area contributed by atoms with Gasteiger partial charge in [0.25, 0.3) is 5.91 Å². The molecule has 0 saturated carbocycles. The van der Waals surface area contributed by atoms with Gasteiger partial charge in [-0.05, 0) is 24.1 Å². The van der Waals surface area contributed by atoms with E-state index in [0.29, 0.717) is 18.7 Å². The van der Waals surface area contributed by atoms with Gasteiger partial charge >= 0.3 is 0 Å². The molecule has 0 aliphatic carbocycles. The fourth-order valence-corrected chi connectivity index (χ4v) is 2.06. The molecule has 2 aromatic rings. The van der Waals surface area contributed by atoms with Gasteiger partial charge in [-0.2, -0.15) is 5.10 Å². The zero-order valence-electron chi connectivity index (χ0n) is 11.8. The number of rotatable bonds is 6. The molecule has 2 rings (SSSR count). The van der Waals surface area contributed by atoms with Crippen molar-refractivity contribution in [1.82, 2.24) is 15.1 Å². The first-order chi connectivity index (χ1) is 9.74. The lowest BCUT2D eigenvalue weighted by Crippen LogP contribution is -2.31. The third-order valence-corrected chi connectivity index (χ3v) is 3.03. The number of H-pyrrole nitrogens is 1. The molecule has 0 bridgehead atoms.